The van der Waals surface area contributed by atoms with Crippen LogP contribution in [0.15, 0.2) is 30.3 Å². The van der Waals surface area contributed by atoms with Gasteiger partial charge in [0.2, 0.25) is 0 Å². The molecular weight excluding hydrogens is 300 g/mol. The lowest BCUT2D eigenvalue weighted by atomic mass is 10.2. The second kappa shape index (κ2) is 8.49. The number of aryl methyl sites for hydroxylation is 1. The van der Waals surface area contributed by atoms with Crippen molar-refractivity contribution in [3.05, 3.63) is 36.2 Å². The SMILES string of the molecule is Cc1nc(NCCCN(C)C)cc(Nc2ccc(N(C)C)cc2)n1. The maximum absolute atomic E-state index is 4.46. The zero-order valence-electron chi connectivity index (χ0n) is 15.3. The van der Waals surface area contributed by atoms with Gasteiger partial charge in [-0.15, -0.1) is 0 Å². The van der Waals surface area contributed by atoms with E-state index < -0.39 is 0 Å². The molecule has 0 atom stereocenters. The van der Waals surface area contributed by atoms with Crippen molar-refractivity contribution >= 4 is 23.0 Å². The van der Waals surface area contributed by atoms with E-state index in [1.54, 1.807) is 0 Å². The van der Waals surface area contributed by atoms with Gasteiger partial charge < -0.3 is 20.4 Å². The molecule has 2 N–H and O–H groups in total. The zero-order chi connectivity index (χ0) is 17.5. The fourth-order valence-electron chi connectivity index (χ4n) is 2.32. The molecule has 0 amide bonds. The predicted molar refractivity (Wildman–Crippen MR) is 102 cm³/mol. The number of benzene rings is 1. The smallest absolute Gasteiger partial charge is 0.136 e. The van der Waals surface area contributed by atoms with E-state index in [2.05, 4.69) is 68.8 Å². The molecule has 2 rings (SSSR count). The van der Waals surface area contributed by atoms with E-state index in [0.29, 0.717) is 0 Å². The first-order valence-corrected chi connectivity index (χ1v) is 8.23. The molecule has 0 aliphatic rings. The third-order valence-electron chi connectivity index (χ3n) is 3.58. The standard InChI is InChI=1S/C18H28N6/c1-14-20-17(19-11-6-12-23(2)3)13-18(21-14)22-15-7-9-16(10-8-15)24(4)5/h7-10,13H,6,11-12H2,1-5H3,(H2,19,20,21,22). The van der Waals surface area contributed by atoms with Crippen LogP contribution in [0.25, 0.3) is 0 Å². The van der Waals surface area contributed by atoms with Crippen LogP contribution in [0.3, 0.4) is 0 Å². The molecule has 0 aliphatic heterocycles. The van der Waals surface area contributed by atoms with Crippen molar-refractivity contribution < 1.29 is 0 Å². The van der Waals surface area contributed by atoms with Crippen molar-refractivity contribution in [2.45, 2.75) is 13.3 Å². The number of hydrogen-bond acceptors (Lipinski definition) is 6. The normalized spacial score (nSPS) is 10.8. The van der Waals surface area contributed by atoms with Gasteiger partial charge in [-0.25, -0.2) is 9.97 Å². The molecule has 0 fully saturated rings. The van der Waals surface area contributed by atoms with Gasteiger partial charge in [0.15, 0.2) is 0 Å². The first kappa shape index (κ1) is 18.0. The Balaban J connectivity index is 1.99. The molecule has 24 heavy (non-hydrogen) atoms. The molecule has 2 aromatic rings. The lowest BCUT2D eigenvalue weighted by Crippen LogP contribution is -2.16. The van der Waals surface area contributed by atoms with E-state index in [-0.39, 0.29) is 0 Å². The van der Waals surface area contributed by atoms with Gasteiger partial charge in [0, 0.05) is 38.1 Å². The van der Waals surface area contributed by atoms with Crippen molar-refractivity contribution in [2.24, 2.45) is 0 Å². The Labute approximate surface area is 144 Å². The summed E-state index contributed by atoms with van der Waals surface area (Å²) in [5.41, 5.74) is 2.18. The number of nitrogens with one attached hydrogen (secondary N) is 2. The lowest BCUT2D eigenvalue weighted by Gasteiger charge is -2.14. The summed E-state index contributed by atoms with van der Waals surface area (Å²) >= 11 is 0. The third-order valence-corrected chi connectivity index (χ3v) is 3.58. The monoisotopic (exact) mass is 328 g/mol. The first-order chi connectivity index (χ1) is 11.4. The highest BCUT2D eigenvalue weighted by atomic mass is 15.1. The summed E-state index contributed by atoms with van der Waals surface area (Å²) in [6.45, 7) is 3.86. The van der Waals surface area contributed by atoms with Gasteiger partial charge in [0.1, 0.15) is 17.5 Å². The summed E-state index contributed by atoms with van der Waals surface area (Å²) < 4.78 is 0. The topological polar surface area (TPSA) is 56.3 Å². The Morgan fingerprint density at radius 2 is 1.62 bits per heavy atom. The van der Waals surface area contributed by atoms with Crippen molar-refractivity contribution in [3.8, 4) is 0 Å². The molecule has 1 heterocycles. The Morgan fingerprint density at radius 1 is 0.958 bits per heavy atom. The number of hydrogen-bond donors (Lipinski definition) is 2. The maximum Gasteiger partial charge on any atom is 0.136 e. The molecule has 0 spiro atoms. The highest BCUT2D eigenvalue weighted by Crippen LogP contribution is 2.20. The van der Waals surface area contributed by atoms with Crippen LogP contribution in [-0.4, -0.2) is 56.1 Å². The van der Waals surface area contributed by atoms with E-state index in [1.807, 2.05) is 27.1 Å². The Morgan fingerprint density at radius 3 is 2.25 bits per heavy atom. The Hall–Kier alpha value is -2.34. The van der Waals surface area contributed by atoms with Crippen LogP contribution in [0.1, 0.15) is 12.2 Å². The van der Waals surface area contributed by atoms with E-state index in [1.165, 1.54) is 5.69 Å². The van der Waals surface area contributed by atoms with Crippen LogP contribution in [0, 0.1) is 6.92 Å². The van der Waals surface area contributed by atoms with E-state index in [0.717, 1.165) is 42.7 Å². The van der Waals surface area contributed by atoms with Crippen LogP contribution in [0.2, 0.25) is 0 Å². The summed E-state index contributed by atoms with van der Waals surface area (Å²) in [5.74, 6) is 2.41. The number of anilines is 4. The molecule has 6 heteroatoms. The van der Waals surface area contributed by atoms with Gasteiger partial charge in [0.25, 0.3) is 0 Å². The first-order valence-electron chi connectivity index (χ1n) is 8.23. The number of rotatable bonds is 8. The summed E-state index contributed by atoms with van der Waals surface area (Å²) in [5, 5.41) is 6.71. The molecular formula is C18H28N6. The Bertz CT molecular complexity index is 636. The van der Waals surface area contributed by atoms with Crippen LogP contribution < -0.4 is 15.5 Å². The molecule has 0 bridgehead atoms. The molecule has 0 radical (unpaired) electrons. The Kier molecular flexibility index (Phi) is 6.37. The fourth-order valence-corrected chi connectivity index (χ4v) is 2.32. The minimum atomic E-state index is 0.750. The van der Waals surface area contributed by atoms with E-state index >= 15 is 0 Å². The predicted octanol–water partition coefficient (Wildman–Crippen LogP) is 2.96. The summed E-state index contributed by atoms with van der Waals surface area (Å²) in [6.07, 6.45) is 1.07. The van der Waals surface area contributed by atoms with Crippen molar-refractivity contribution in [1.29, 1.82) is 0 Å². The number of nitrogens with zero attached hydrogens (tertiary/aromatic N) is 4. The summed E-state index contributed by atoms with van der Waals surface area (Å²) in [7, 11) is 8.23. The minimum absolute atomic E-state index is 0.750. The van der Waals surface area contributed by atoms with Gasteiger partial charge in [-0.3, -0.25) is 0 Å². The van der Waals surface area contributed by atoms with Gasteiger partial charge in [-0.05, 0) is 58.3 Å². The molecule has 0 saturated carbocycles. The van der Waals surface area contributed by atoms with Crippen LogP contribution >= 0.6 is 0 Å². The van der Waals surface area contributed by atoms with Gasteiger partial charge in [0.05, 0.1) is 0 Å². The molecule has 0 saturated heterocycles. The highest BCUT2D eigenvalue weighted by Gasteiger charge is 2.03. The molecule has 130 valence electrons. The van der Waals surface area contributed by atoms with Gasteiger partial charge in [-0.1, -0.05) is 0 Å². The number of aromatic nitrogens is 2. The maximum atomic E-state index is 4.46. The van der Waals surface area contributed by atoms with Gasteiger partial charge in [-0.2, -0.15) is 0 Å². The zero-order valence-corrected chi connectivity index (χ0v) is 15.3. The van der Waals surface area contributed by atoms with Crippen molar-refractivity contribution in [2.75, 3.05) is 56.8 Å². The summed E-state index contributed by atoms with van der Waals surface area (Å²) in [6, 6.07) is 10.2. The van der Waals surface area contributed by atoms with Gasteiger partial charge >= 0.3 is 0 Å². The quantitative estimate of drug-likeness (QED) is 0.727. The van der Waals surface area contributed by atoms with Crippen LogP contribution in [0.4, 0.5) is 23.0 Å². The van der Waals surface area contributed by atoms with E-state index in [9.17, 15) is 0 Å². The van der Waals surface area contributed by atoms with Crippen molar-refractivity contribution in [3.63, 3.8) is 0 Å². The average Bonchev–Trinajstić information content (AvgIpc) is 2.51. The third kappa shape index (κ3) is 5.70. The fraction of sp³-hybridized carbons (Fsp3) is 0.444. The van der Waals surface area contributed by atoms with Crippen LogP contribution in [-0.2, 0) is 0 Å². The molecule has 6 nitrogen and oxygen atoms in total. The molecule has 1 aromatic heterocycles. The molecule has 0 unspecified atom stereocenters. The largest absolute Gasteiger partial charge is 0.378 e. The second-order valence-corrected chi connectivity index (χ2v) is 6.34. The highest BCUT2D eigenvalue weighted by molar-refractivity contribution is 5.62. The van der Waals surface area contributed by atoms with E-state index in [4.69, 9.17) is 0 Å². The average molecular weight is 328 g/mol. The molecule has 0 aliphatic carbocycles. The second-order valence-electron chi connectivity index (χ2n) is 6.34. The molecule has 1 aromatic carbocycles. The van der Waals surface area contributed by atoms with Crippen LogP contribution in [0.5, 0.6) is 0 Å². The summed E-state index contributed by atoms with van der Waals surface area (Å²) in [4.78, 5) is 13.2. The minimum Gasteiger partial charge on any atom is -0.378 e. The lowest BCUT2D eigenvalue weighted by molar-refractivity contribution is 0.405. The van der Waals surface area contributed by atoms with Crippen molar-refractivity contribution in [1.82, 2.24) is 14.9 Å².